The Morgan fingerprint density at radius 3 is 2.50 bits per heavy atom. The van der Waals surface area contributed by atoms with E-state index in [-0.39, 0.29) is 11.0 Å². The summed E-state index contributed by atoms with van der Waals surface area (Å²) in [6.45, 7) is 6.62. The summed E-state index contributed by atoms with van der Waals surface area (Å²) in [6.07, 6.45) is -0.343. The summed E-state index contributed by atoms with van der Waals surface area (Å²) in [4.78, 5) is 4.50. The van der Waals surface area contributed by atoms with E-state index in [0.29, 0.717) is 0 Å². The second-order valence-corrected chi connectivity index (χ2v) is 7.12. The van der Waals surface area contributed by atoms with E-state index < -0.39 is 0 Å². The first-order valence-corrected chi connectivity index (χ1v) is 6.96. The molecule has 92 valence electrons. The van der Waals surface area contributed by atoms with Crippen molar-refractivity contribution >= 4 is 23.1 Å². The van der Waals surface area contributed by atoms with E-state index in [4.69, 9.17) is 9.47 Å². The second kappa shape index (κ2) is 6.00. The van der Waals surface area contributed by atoms with Gasteiger partial charge in [0.2, 0.25) is 6.29 Å². The largest absolute Gasteiger partial charge is 0.350 e. The molecule has 0 aromatic carbocycles. The topological polar surface area (TPSA) is 31.4 Å². The second-order valence-electron chi connectivity index (χ2n) is 4.37. The molecule has 0 aliphatic carbocycles. The van der Waals surface area contributed by atoms with E-state index in [9.17, 15) is 0 Å². The van der Waals surface area contributed by atoms with Gasteiger partial charge in [0.15, 0.2) is 0 Å². The van der Waals surface area contributed by atoms with Gasteiger partial charge in [-0.3, -0.25) is 0 Å². The number of rotatable bonds is 5. The third-order valence-electron chi connectivity index (χ3n) is 1.87. The van der Waals surface area contributed by atoms with Crippen LogP contribution in [-0.4, -0.2) is 24.0 Å². The van der Waals surface area contributed by atoms with Crippen molar-refractivity contribution in [1.29, 1.82) is 0 Å². The van der Waals surface area contributed by atoms with E-state index in [0.717, 1.165) is 16.5 Å². The molecule has 3 nitrogen and oxygen atoms in total. The zero-order valence-corrected chi connectivity index (χ0v) is 12.1. The van der Waals surface area contributed by atoms with Gasteiger partial charge in [-0.05, 0) is 0 Å². The molecule has 5 heteroatoms. The average Bonchev–Trinajstić information content (AvgIpc) is 2.65. The van der Waals surface area contributed by atoms with Gasteiger partial charge in [0.25, 0.3) is 0 Å². The number of methoxy groups -OCH3 is 2. The van der Waals surface area contributed by atoms with Crippen molar-refractivity contribution in [3.05, 3.63) is 16.1 Å². The van der Waals surface area contributed by atoms with Crippen LogP contribution >= 0.6 is 23.1 Å². The Balaban J connectivity index is 2.58. The summed E-state index contributed by atoms with van der Waals surface area (Å²) < 4.78 is 10.6. The summed E-state index contributed by atoms with van der Waals surface area (Å²) in [6, 6.07) is 0. The molecular weight excluding hydrogens is 242 g/mol. The fraction of sp³-hybridized carbons (Fsp3) is 0.727. The molecule has 1 heterocycles. The number of aromatic nitrogens is 1. The lowest BCUT2D eigenvalue weighted by atomic mass is 10.3. The highest BCUT2D eigenvalue weighted by atomic mass is 32.2. The van der Waals surface area contributed by atoms with Gasteiger partial charge in [0.05, 0.1) is 0 Å². The number of nitrogens with zero attached hydrogens (tertiary/aromatic N) is 1. The van der Waals surface area contributed by atoms with Gasteiger partial charge in [-0.15, -0.1) is 23.1 Å². The predicted octanol–water partition coefficient (Wildman–Crippen LogP) is 3.47. The predicted molar refractivity (Wildman–Crippen MR) is 69.9 cm³/mol. The molecule has 1 aromatic heterocycles. The molecule has 0 amide bonds. The van der Waals surface area contributed by atoms with Crippen LogP contribution in [-0.2, 0) is 15.2 Å². The quantitative estimate of drug-likeness (QED) is 0.760. The van der Waals surface area contributed by atoms with E-state index in [1.807, 2.05) is 17.1 Å². The Bertz CT molecular complexity index is 316. The average molecular weight is 261 g/mol. The van der Waals surface area contributed by atoms with Gasteiger partial charge in [0, 0.05) is 30.1 Å². The lowest BCUT2D eigenvalue weighted by Crippen LogP contribution is -2.07. The molecule has 0 aliphatic rings. The zero-order valence-electron chi connectivity index (χ0n) is 10.4. The maximum Gasteiger partial charge on any atom is 0.201 e. The van der Waals surface area contributed by atoms with Crippen molar-refractivity contribution in [2.75, 3.05) is 14.2 Å². The first-order chi connectivity index (χ1) is 7.46. The van der Waals surface area contributed by atoms with E-state index in [1.54, 1.807) is 25.6 Å². The smallest absolute Gasteiger partial charge is 0.201 e. The highest BCUT2D eigenvalue weighted by molar-refractivity contribution is 7.99. The lowest BCUT2D eigenvalue weighted by molar-refractivity contribution is -0.108. The van der Waals surface area contributed by atoms with Crippen LogP contribution in [0, 0.1) is 0 Å². The molecule has 16 heavy (non-hydrogen) atoms. The monoisotopic (exact) mass is 261 g/mol. The summed E-state index contributed by atoms with van der Waals surface area (Å²) in [5, 5.41) is 3.12. The maximum absolute atomic E-state index is 5.16. The molecule has 0 bridgehead atoms. The fourth-order valence-corrected chi connectivity index (χ4v) is 2.76. The summed E-state index contributed by atoms with van der Waals surface area (Å²) in [5.41, 5.74) is 0.861. The standard InChI is InChI=1S/C11H19NO2S2/c1-11(2,3)16-7-9-12-8(6-15-9)10(13-4)14-5/h6,10H,7H2,1-5H3. The van der Waals surface area contributed by atoms with Crippen molar-refractivity contribution in [3.63, 3.8) is 0 Å². The minimum absolute atomic E-state index is 0.272. The number of thioether (sulfide) groups is 1. The SMILES string of the molecule is COC(OC)c1csc(CSC(C)(C)C)n1. The lowest BCUT2D eigenvalue weighted by Gasteiger charge is -2.16. The van der Waals surface area contributed by atoms with Crippen molar-refractivity contribution in [2.45, 2.75) is 37.6 Å². The first-order valence-electron chi connectivity index (χ1n) is 5.10. The minimum Gasteiger partial charge on any atom is -0.350 e. The number of ether oxygens (including phenoxy) is 2. The van der Waals surface area contributed by atoms with Crippen molar-refractivity contribution in [3.8, 4) is 0 Å². The first kappa shape index (κ1) is 14.0. The van der Waals surface area contributed by atoms with E-state index in [1.165, 1.54) is 0 Å². The number of hydrogen-bond acceptors (Lipinski definition) is 5. The molecule has 1 rings (SSSR count). The van der Waals surface area contributed by atoms with Crippen molar-refractivity contribution in [1.82, 2.24) is 4.98 Å². The molecular formula is C11H19NO2S2. The molecule has 0 saturated carbocycles. The van der Waals surface area contributed by atoms with Crippen LogP contribution in [0.1, 0.15) is 37.8 Å². The van der Waals surface area contributed by atoms with Gasteiger partial charge in [-0.25, -0.2) is 4.98 Å². The van der Waals surface area contributed by atoms with Gasteiger partial charge >= 0.3 is 0 Å². The molecule has 0 saturated heterocycles. The normalized spacial score (nSPS) is 12.4. The van der Waals surface area contributed by atoms with Gasteiger partial charge in [-0.1, -0.05) is 20.8 Å². The van der Waals surface area contributed by atoms with Crippen LogP contribution < -0.4 is 0 Å². The van der Waals surface area contributed by atoms with Gasteiger partial charge in [-0.2, -0.15) is 0 Å². The Hall–Kier alpha value is -0.100. The van der Waals surface area contributed by atoms with Gasteiger partial charge in [0.1, 0.15) is 10.7 Å². The van der Waals surface area contributed by atoms with Crippen LogP contribution in [0.3, 0.4) is 0 Å². The fourth-order valence-electron chi connectivity index (χ4n) is 1.12. The molecule has 0 fully saturated rings. The Morgan fingerprint density at radius 2 is 2.00 bits per heavy atom. The summed E-state index contributed by atoms with van der Waals surface area (Å²) in [5.74, 6) is 0.939. The summed E-state index contributed by atoms with van der Waals surface area (Å²) in [7, 11) is 3.24. The van der Waals surface area contributed by atoms with Crippen LogP contribution in [0.25, 0.3) is 0 Å². The third kappa shape index (κ3) is 4.41. The Morgan fingerprint density at radius 1 is 1.38 bits per heavy atom. The van der Waals surface area contributed by atoms with Gasteiger partial charge < -0.3 is 9.47 Å². The number of thiazole rings is 1. The van der Waals surface area contributed by atoms with Crippen LogP contribution in [0.2, 0.25) is 0 Å². The molecule has 0 radical (unpaired) electrons. The Kier molecular flexibility index (Phi) is 5.24. The molecule has 0 unspecified atom stereocenters. The molecule has 0 atom stereocenters. The minimum atomic E-state index is -0.343. The number of hydrogen-bond donors (Lipinski definition) is 0. The third-order valence-corrected chi connectivity index (χ3v) is 4.20. The van der Waals surface area contributed by atoms with Crippen LogP contribution in [0.15, 0.2) is 5.38 Å². The van der Waals surface area contributed by atoms with E-state index in [2.05, 4.69) is 25.8 Å². The van der Waals surface area contributed by atoms with Crippen molar-refractivity contribution in [2.24, 2.45) is 0 Å². The Labute approximate surface area is 106 Å². The van der Waals surface area contributed by atoms with Crippen LogP contribution in [0.5, 0.6) is 0 Å². The van der Waals surface area contributed by atoms with Crippen LogP contribution in [0.4, 0.5) is 0 Å². The molecule has 1 aromatic rings. The highest BCUT2D eigenvalue weighted by Crippen LogP contribution is 2.29. The molecule has 0 spiro atoms. The maximum atomic E-state index is 5.16. The summed E-state index contributed by atoms with van der Waals surface area (Å²) >= 11 is 3.55. The molecule has 0 N–H and O–H groups in total. The van der Waals surface area contributed by atoms with E-state index >= 15 is 0 Å². The highest BCUT2D eigenvalue weighted by Gasteiger charge is 2.15. The van der Waals surface area contributed by atoms with Crippen molar-refractivity contribution < 1.29 is 9.47 Å². The zero-order chi connectivity index (χ0) is 12.2. The molecule has 0 aliphatic heterocycles.